The monoisotopic (exact) mass is 233 g/mol. The molecule has 0 heterocycles. The van der Waals surface area contributed by atoms with Crippen LogP contribution >= 0.6 is 0 Å². The number of benzene rings is 1. The van der Waals surface area contributed by atoms with E-state index in [1.165, 1.54) is 5.69 Å². The molecule has 0 atom stereocenters. The molecule has 1 fully saturated rings. The lowest BCUT2D eigenvalue weighted by Crippen LogP contribution is -2.25. The van der Waals surface area contributed by atoms with Gasteiger partial charge in [-0.05, 0) is 43.7 Å². The Morgan fingerprint density at radius 2 is 1.88 bits per heavy atom. The number of rotatable bonds is 5. The first kappa shape index (κ1) is 12.0. The highest BCUT2D eigenvalue weighted by Crippen LogP contribution is 2.26. The van der Waals surface area contributed by atoms with E-state index < -0.39 is 0 Å². The number of hydrogen-bond donors (Lipinski definition) is 1. The molecule has 0 amide bonds. The zero-order valence-corrected chi connectivity index (χ0v) is 9.97. The smallest absolute Gasteiger partial charge is 0.293 e. The van der Waals surface area contributed by atoms with E-state index in [0.717, 1.165) is 32.2 Å². The van der Waals surface area contributed by atoms with Crippen molar-refractivity contribution in [2.24, 2.45) is 5.92 Å². The zero-order valence-electron chi connectivity index (χ0n) is 9.97. The summed E-state index contributed by atoms with van der Waals surface area (Å²) in [4.78, 5) is 10.2. The third-order valence-corrected chi connectivity index (χ3v) is 3.41. The number of carbonyl (C=O) groups is 1. The Morgan fingerprint density at radius 3 is 2.53 bits per heavy atom. The number of ether oxygens (including phenoxy) is 1. The number of hydrogen-bond acceptors (Lipinski definition) is 3. The van der Waals surface area contributed by atoms with Crippen LogP contribution in [0.4, 0.5) is 5.69 Å². The van der Waals surface area contributed by atoms with E-state index in [-0.39, 0.29) is 6.10 Å². The Kier molecular flexibility index (Phi) is 4.42. The molecule has 0 aliphatic heterocycles. The Balaban J connectivity index is 1.70. The molecular weight excluding hydrogens is 214 g/mol. The summed E-state index contributed by atoms with van der Waals surface area (Å²) in [6.45, 7) is 1.59. The molecule has 0 spiro atoms. The molecule has 3 nitrogen and oxygen atoms in total. The van der Waals surface area contributed by atoms with Crippen LogP contribution in [0.5, 0.6) is 0 Å². The summed E-state index contributed by atoms with van der Waals surface area (Å²) >= 11 is 0. The van der Waals surface area contributed by atoms with Crippen molar-refractivity contribution in [2.75, 3.05) is 11.9 Å². The van der Waals surface area contributed by atoms with Crippen molar-refractivity contribution >= 4 is 12.2 Å². The van der Waals surface area contributed by atoms with Crippen LogP contribution in [0.25, 0.3) is 0 Å². The average Bonchev–Trinajstić information content (AvgIpc) is 2.40. The van der Waals surface area contributed by atoms with E-state index in [4.69, 9.17) is 4.74 Å². The minimum absolute atomic E-state index is 0.153. The first-order valence-corrected chi connectivity index (χ1v) is 6.26. The van der Waals surface area contributed by atoms with Crippen molar-refractivity contribution in [3.63, 3.8) is 0 Å². The Bertz CT molecular complexity index is 331. The van der Waals surface area contributed by atoms with Crippen LogP contribution in [0, 0.1) is 5.92 Å². The molecule has 0 saturated heterocycles. The van der Waals surface area contributed by atoms with E-state index in [1.807, 2.05) is 18.2 Å². The molecule has 1 aromatic rings. The lowest BCUT2D eigenvalue weighted by Gasteiger charge is -2.27. The largest absolute Gasteiger partial charge is 0.465 e. The van der Waals surface area contributed by atoms with Crippen molar-refractivity contribution < 1.29 is 9.53 Å². The lowest BCUT2D eigenvalue weighted by atomic mass is 9.87. The van der Waals surface area contributed by atoms with Gasteiger partial charge >= 0.3 is 0 Å². The summed E-state index contributed by atoms with van der Waals surface area (Å²) in [6, 6.07) is 10.3. The molecule has 0 bridgehead atoms. The van der Waals surface area contributed by atoms with Crippen molar-refractivity contribution in [3.8, 4) is 0 Å². The van der Waals surface area contributed by atoms with Gasteiger partial charge in [0.1, 0.15) is 6.10 Å². The summed E-state index contributed by atoms with van der Waals surface area (Å²) in [7, 11) is 0. The van der Waals surface area contributed by atoms with E-state index in [9.17, 15) is 4.79 Å². The highest BCUT2D eigenvalue weighted by atomic mass is 16.5. The molecule has 1 aliphatic rings. The van der Waals surface area contributed by atoms with E-state index in [1.54, 1.807) is 0 Å². The van der Waals surface area contributed by atoms with Crippen molar-refractivity contribution in [2.45, 2.75) is 31.8 Å². The second-order valence-electron chi connectivity index (χ2n) is 4.62. The lowest BCUT2D eigenvalue weighted by molar-refractivity contribution is -0.135. The molecule has 0 radical (unpaired) electrons. The first-order chi connectivity index (χ1) is 8.38. The van der Waals surface area contributed by atoms with Crippen LogP contribution in [0.1, 0.15) is 25.7 Å². The second kappa shape index (κ2) is 6.28. The van der Waals surface area contributed by atoms with Gasteiger partial charge in [0.2, 0.25) is 0 Å². The van der Waals surface area contributed by atoms with Crippen LogP contribution in [-0.2, 0) is 9.53 Å². The summed E-state index contributed by atoms with van der Waals surface area (Å²) < 4.78 is 4.99. The van der Waals surface area contributed by atoms with Gasteiger partial charge < -0.3 is 10.1 Å². The van der Waals surface area contributed by atoms with E-state index >= 15 is 0 Å². The number of anilines is 1. The minimum Gasteiger partial charge on any atom is -0.465 e. The molecule has 3 heteroatoms. The molecule has 1 aliphatic carbocycles. The maximum Gasteiger partial charge on any atom is 0.293 e. The molecule has 1 N–H and O–H groups in total. The maximum absolute atomic E-state index is 10.2. The standard InChI is InChI=1S/C14H19NO2/c16-11-17-14-8-6-12(7-9-14)10-15-13-4-2-1-3-5-13/h1-5,11-12,14-15H,6-10H2. The molecule has 0 unspecified atom stereocenters. The average molecular weight is 233 g/mol. The topological polar surface area (TPSA) is 38.3 Å². The molecule has 1 aromatic carbocycles. The van der Waals surface area contributed by atoms with Gasteiger partial charge in [-0.1, -0.05) is 18.2 Å². The quantitative estimate of drug-likeness (QED) is 0.795. The number of carbonyl (C=O) groups excluding carboxylic acids is 1. The number of nitrogens with one attached hydrogen (secondary N) is 1. The molecular formula is C14H19NO2. The van der Waals surface area contributed by atoms with Gasteiger partial charge in [0.25, 0.3) is 6.47 Å². The Morgan fingerprint density at radius 1 is 1.18 bits per heavy atom. The molecule has 0 aromatic heterocycles. The predicted molar refractivity (Wildman–Crippen MR) is 67.8 cm³/mol. The van der Waals surface area contributed by atoms with Crippen LogP contribution < -0.4 is 5.32 Å². The SMILES string of the molecule is O=COC1CCC(CNc2ccccc2)CC1. The van der Waals surface area contributed by atoms with Crippen LogP contribution in [0.15, 0.2) is 30.3 Å². The van der Waals surface area contributed by atoms with Crippen LogP contribution in [0.3, 0.4) is 0 Å². The van der Waals surface area contributed by atoms with Gasteiger partial charge in [-0.3, -0.25) is 4.79 Å². The zero-order chi connectivity index (χ0) is 11.9. The highest BCUT2D eigenvalue weighted by molar-refractivity contribution is 5.42. The first-order valence-electron chi connectivity index (χ1n) is 6.26. The Labute approximate surface area is 102 Å². The molecule has 1 saturated carbocycles. The van der Waals surface area contributed by atoms with Crippen molar-refractivity contribution in [1.82, 2.24) is 0 Å². The fourth-order valence-corrected chi connectivity index (χ4v) is 2.37. The Hall–Kier alpha value is -1.51. The highest BCUT2D eigenvalue weighted by Gasteiger charge is 2.21. The maximum atomic E-state index is 10.2. The normalized spacial score (nSPS) is 24.0. The summed E-state index contributed by atoms with van der Waals surface area (Å²) in [5, 5.41) is 3.45. The van der Waals surface area contributed by atoms with Gasteiger partial charge in [0.15, 0.2) is 0 Å². The third-order valence-electron chi connectivity index (χ3n) is 3.41. The minimum atomic E-state index is 0.153. The van der Waals surface area contributed by atoms with Gasteiger partial charge in [0, 0.05) is 12.2 Å². The molecule has 17 heavy (non-hydrogen) atoms. The van der Waals surface area contributed by atoms with Crippen molar-refractivity contribution in [3.05, 3.63) is 30.3 Å². The predicted octanol–water partition coefficient (Wildman–Crippen LogP) is 2.83. The van der Waals surface area contributed by atoms with Gasteiger partial charge in [-0.25, -0.2) is 0 Å². The summed E-state index contributed by atoms with van der Waals surface area (Å²) in [5.41, 5.74) is 1.18. The van der Waals surface area contributed by atoms with Crippen molar-refractivity contribution in [1.29, 1.82) is 0 Å². The van der Waals surface area contributed by atoms with E-state index in [2.05, 4.69) is 17.4 Å². The van der Waals surface area contributed by atoms with Gasteiger partial charge in [-0.15, -0.1) is 0 Å². The second-order valence-corrected chi connectivity index (χ2v) is 4.62. The molecule has 92 valence electrons. The van der Waals surface area contributed by atoms with Crippen LogP contribution in [-0.4, -0.2) is 19.1 Å². The number of para-hydroxylation sites is 1. The fourth-order valence-electron chi connectivity index (χ4n) is 2.37. The summed E-state index contributed by atoms with van der Waals surface area (Å²) in [6.07, 6.45) is 4.43. The van der Waals surface area contributed by atoms with Gasteiger partial charge in [0.05, 0.1) is 0 Å². The fraction of sp³-hybridized carbons (Fsp3) is 0.500. The van der Waals surface area contributed by atoms with E-state index in [0.29, 0.717) is 12.4 Å². The third kappa shape index (κ3) is 3.77. The summed E-state index contributed by atoms with van der Waals surface area (Å²) in [5.74, 6) is 0.696. The van der Waals surface area contributed by atoms with Gasteiger partial charge in [-0.2, -0.15) is 0 Å². The van der Waals surface area contributed by atoms with Crippen LogP contribution in [0.2, 0.25) is 0 Å². The molecule has 2 rings (SSSR count).